The van der Waals surface area contributed by atoms with Gasteiger partial charge in [-0.25, -0.2) is 0 Å². The molecule has 0 aromatic heterocycles. The van der Waals surface area contributed by atoms with E-state index in [1.54, 1.807) is 0 Å². The molecule has 0 heterocycles. The summed E-state index contributed by atoms with van der Waals surface area (Å²) in [5, 5.41) is 0. The van der Waals surface area contributed by atoms with E-state index < -0.39 is 16.1 Å². The van der Waals surface area contributed by atoms with Gasteiger partial charge in [-0.2, -0.15) is 0 Å². The normalized spacial score (nSPS) is 11.3. The molecule has 0 aliphatic rings. The first-order valence-corrected chi connectivity index (χ1v) is 14.8. The summed E-state index contributed by atoms with van der Waals surface area (Å²) < 4.78 is 1.68. The molecule has 11 heavy (non-hydrogen) atoms. The van der Waals surface area contributed by atoms with Gasteiger partial charge in [0.2, 0.25) is 0 Å². The molecule has 0 aromatic rings. The minimum atomic E-state index is -2.79. The third-order valence-electron chi connectivity index (χ3n) is 1.12. The van der Waals surface area contributed by atoms with Gasteiger partial charge in [-0.3, -0.25) is 0 Å². The minimum absolute atomic E-state index is 0.838. The van der Waals surface area contributed by atoms with Crippen molar-refractivity contribution in [2.45, 2.75) is 22.7 Å². The standard InChI is InChI=1S/2C4H7.2ClH.Sn/c2*1-4(2)3;;;/h2*1-2H2,3H3;2*1H;/q;;;;+2/p-2. The predicted molar refractivity (Wildman–Crippen MR) is 56.7 cm³/mol. The zero-order valence-corrected chi connectivity index (χ0v) is 11.5. The first-order chi connectivity index (χ1) is 4.83. The molecule has 0 saturated carbocycles. The van der Waals surface area contributed by atoms with Crippen LogP contribution in [0.4, 0.5) is 0 Å². The fraction of sp³-hybridized carbons (Fsp3) is 0.500. The van der Waals surface area contributed by atoms with Gasteiger partial charge in [0.15, 0.2) is 0 Å². The second-order valence-corrected chi connectivity index (χ2v) is 21.0. The van der Waals surface area contributed by atoms with Crippen LogP contribution in [0, 0.1) is 0 Å². The molecule has 0 saturated heterocycles. The van der Waals surface area contributed by atoms with Crippen LogP contribution in [0.2, 0.25) is 8.87 Å². The summed E-state index contributed by atoms with van der Waals surface area (Å²) in [7, 11) is 12.4. The number of allylic oxidation sites excluding steroid dienone is 2. The van der Waals surface area contributed by atoms with Crippen molar-refractivity contribution in [3.8, 4) is 0 Å². The number of hydrogen-bond acceptors (Lipinski definition) is 0. The van der Waals surface area contributed by atoms with E-state index in [-0.39, 0.29) is 0 Å². The Morgan fingerprint density at radius 1 is 1.09 bits per heavy atom. The molecular weight excluding hydrogens is 286 g/mol. The Bertz CT molecular complexity index is 155. The van der Waals surface area contributed by atoms with E-state index in [4.69, 9.17) is 17.8 Å². The van der Waals surface area contributed by atoms with Gasteiger partial charge in [-0.15, -0.1) is 0 Å². The van der Waals surface area contributed by atoms with E-state index in [0.717, 1.165) is 20.0 Å². The van der Waals surface area contributed by atoms with E-state index in [9.17, 15) is 0 Å². The van der Waals surface area contributed by atoms with E-state index in [1.807, 2.05) is 13.8 Å². The topological polar surface area (TPSA) is 0 Å². The molecule has 0 spiro atoms. The van der Waals surface area contributed by atoms with Gasteiger partial charge in [0, 0.05) is 0 Å². The molecule has 0 fully saturated rings. The summed E-state index contributed by atoms with van der Waals surface area (Å²) in [6, 6.07) is 0. The van der Waals surface area contributed by atoms with E-state index in [1.165, 1.54) is 0 Å². The maximum atomic E-state index is 6.18. The third kappa shape index (κ3) is 7.23. The molecule has 0 nitrogen and oxygen atoms in total. The summed E-state index contributed by atoms with van der Waals surface area (Å²) in [6.07, 6.45) is 0. The van der Waals surface area contributed by atoms with Crippen LogP contribution in [0.5, 0.6) is 0 Å². The Kier molecular flexibility index (Phi) is 5.15. The molecule has 0 aliphatic heterocycles. The molecule has 0 rings (SSSR count). The zero-order valence-electron chi connectivity index (χ0n) is 7.08. The molecule has 64 valence electrons. The Hall–Kier alpha value is 0.859. The van der Waals surface area contributed by atoms with E-state index in [2.05, 4.69) is 13.2 Å². The van der Waals surface area contributed by atoms with Gasteiger partial charge in [0.25, 0.3) is 0 Å². The number of hydrogen-bond donors (Lipinski definition) is 0. The Morgan fingerprint density at radius 2 is 1.36 bits per heavy atom. The van der Waals surface area contributed by atoms with Gasteiger partial charge in [0.1, 0.15) is 0 Å². The van der Waals surface area contributed by atoms with E-state index in [0.29, 0.717) is 0 Å². The average Bonchev–Trinajstić information content (AvgIpc) is 1.53. The van der Waals surface area contributed by atoms with Crippen molar-refractivity contribution in [3.05, 3.63) is 24.3 Å². The average molecular weight is 300 g/mol. The zero-order chi connectivity index (χ0) is 9.07. The van der Waals surface area contributed by atoms with Crippen molar-refractivity contribution in [1.29, 1.82) is 0 Å². The van der Waals surface area contributed by atoms with Crippen LogP contribution in [0.3, 0.4) is 0 Å². The molecular formula is C8H14Cl2Sn. The Morgan fingerprint density at radius 3 is 1.55 bits per heavy atom. The van der Waals surface area contributed by atoms with Crippen LogP contribution < -0.4 is 0 Å². The predicted octanol–water partition coefficient (Wildman–Crippen LogP) is 4.06. The fourth-order valence-corrected chi connectivity index (χ4v) is 12.5. The van der Waals surface area contributed by atoms with Crippen LogP contribution in [-0.2, 0) is 0 Å². The monoisotopic (exact) mass is 300 g/mol. The van der Waals surface area contributed by atoms with Crippen molar-refractivity contribution in [2.24, 2.45) is 0 Å². The van der Waals surface area contributed by atoms with Crippen LogP contribution >= 0.6 is 17.8 Å². The third-order valence-corrected chi connectivity index (χ3v) is 11.1. The van der Waals surface area contributed by atoms with Crippen LogP contribution in [0.1, 0.15) is 13.8 Å². The quantitative estimate of drug-likeness (QED) is 0.542. The summed E-state index contributed by atoms with van der Waals surface area (Å²) in [5.74, 6) is 0. The van der Waals surface area contributed by atoms with Crippen LogP contribution in [-0.4, -0.2) is 16.1 Å². The SMILES string of the molecule is C=C(C)[CH2][Sn]([Cl])([Cl])[CH2]C(=C)C. The fourth-order valence-electron chi connectivity index (χ4n) is 0.946. The first kappa shape index (κ1) is 11.9. The summed E-state index contributed by atoms with van der Waals surface area (Å²) in [5.41, 5.74) is 2.18. The Labute approximate surface area is 80.6 Å². The molecule has 0 bridgehead atoms. The van der Waals surface area contributed by atoms with Gasteiger partial charge < -0.3 is 0 Å². The second-order valence-electron chi connectivity index (χ2n) is 3.12. The summed E-state index contributed by atoms with van der Waals surface area (Å²) in [4.78, 5) is 0. The molecule has 0 atom stereocenters. The van der Waals surface area contributed by atoms with Gasteiger partial charge >= 0.3 is 81.0 Å². The number of rotatable bonds is 4. The van der Waals surface area contributed by atoms with Crippen molar-refractivity contribution >= 4 is 34.0 Å². The molecule has 0 radical (unpaired) electrons. The van der Waals surface area contributed by atoms with Gasteiger partial charge in [0.05, 0.1) is 0 Å². The van der Waals surface area contributed by atoms with E-state index >= 15 is 0 Å². The number of halogens is 2. The Balaban J connectivity index is 3.99. The molecule has 0 aromatic carbocycles. The second kappa shape index (κ2) is 4.78. The molecule has 0 N–H and O–H groups in total. The molecule has 0 aliphatic carbocycles. The molecule has 3 heteroatoms. The maximum absolute atomic E-state index is 6.18. The summed E-state index contributed by atoms with van der Waals surface area (Å²) >= 11 is -2.79. The van der Waals surface area contributed by atoms with Crippen molar-refractivity contribution in [2.75, 3.05) is 0 Å². The van der Waals surface area contributed by atoms with Crippen molar-refractivity contribution in [3.63, 3.8) is 0 Å². The summed E-state index contributed by atoms with van der Waals surface area (Å²) in [6.45, 7) is 11.5. The van der Waals surface area contributed by atoms with Crippen molar-refractivity contribution < 1.29 is 0 Å². The van der Waals surface area contributed by atoms with Crippen LogP contribution in [0.15, 0.2) is 24.3 Å². The molecule has 0 unspecified atom stereocenters. The van der Waals surface area contributed by atoms with Gasteiger partial charge in [-0.05, 0) is 0 Å². The molecule has 0 amide bonds. The van der Waals surface area contributed by atoms with Crippen LogP contribution in [0.25, 0.3) is 0 Å². The van der Waals surface area contributed by atoms with Gasteiger partial charge in [-0.1, -0.05) is 0 Å². The van der Waals surface area contributed by atoms with Crippen molar-refractivity contribution in [1.82, 2.24) is 0 Å². The first-order valence-electron chi connectivity index (χ1n) is 3.50.